The number of aryl methyl sites for hydroxylation is 1. The van der Waals surface area contributed by atoms with E-state index in [1.165, 1.54) is 0 Å². The van der Waals surface area contributed by atoms with E-state index in [1.807, 2.05) is 13.0 Å². The van der Waals surface area contributed by atoms with Crippen LogP contribution in [0, 0.1) is 6.92 Å². The fraction of sp³-hybridized carbons (Fsp3) is 0.357. The number of nitrogens with one attached hydrogen (secondary N) is 1. The molecule has 1 fully saturated rings. The summed E-state index contributed by atoms with van der Waals surface area (Å²) in [6.45, 7) is 5.55. The maximum Gasteiger partial charge on any atom is 0.252 e. The molecule has 1 amide bonds. The van der Waals surface area contributed by atoms with Gasteiger partial charge in [-0.2, -0.15) is 0 Å². The van der Waals surface area contributed by atoms with Crippen LogP contribution in [0.15, 0.2) is 24.8 Å². The first-order valence-corrected chi connectivity index (χ1v) is 5.84. The van der Waals surface area contributed by atoms with E-state index in [2.05, 4.69) is 11.9 Å². The Labute approximate surface area is 105 Å². The molecule has 0 aliphatic heterocycles. The maximum atomic E-state index is 12.7. The van der Waals surface area contributed by atoms with Gasteiger partial charge in [0.25, 0.3) is 11.8 Å². The molecular weight excluding hydrogens is 236 g/mol. The van der Waals surface area contributed by atoms with Crippen molar-refractivity contribution in [1.82, 2.24) is 5.32 Å². The number of rotatable bonds is 3. The number of amides is 1. The van der Waals surface area contributed by atoms with Gasteiger partial charge in [0.05, 0.1) is 0 Å². The van der Waals surface area contributed by atoms with Crippen molar-refractivity contribution in [3.8, 4) is 0 Å². The molecule has 1 aliphatic carbocycles. The van der Waals surface area contributed by atoms with E-state index < -0.39 is 12.0 Å². The molecule has 2 nitrogen and oxygen atoms in total. The highest BCUT2D eigenvalue weighted by Crippen LogP contribution is 2.37. The molecule has 2 rings (SSSR count). The number of benzene rings is 1. The van der Waals surface area contributed by atoms with Crippen molar-refractivity contribution in [3.05, 3.63) is 41.5 Å². The fourth-order valence-electron chi connectivity index (χ4n) is 2.18. The van der Waals surface area contributed by atoms with Crippen LogP contribution in [-0.2, 0) is 0 Å². The summed E-state index contributed by atoms with van der Waals surface area (Å²) in [5.41, 5.74) is 2.18. The molecule has 1 saturated carbocycles. The summed E-state index contributed by atoms with van der Waals surface area (Å²) < 4.78 is 25.4. The van der Waals surface area contributed by atoms with Crippen LogP contribution in [0.3, 0.4) is 0 Å². The first kappa shape index (κ1) is 12.7. The van der Waals surface area contributed by atoms with Gasteiger partial charge in [0, 0.05) is 24.4 Å². The predicted molar refractivity (Wildman–Crippen MR) is 66.7 cm³/mol. The molecule has 0 atom stereocenters. The van der Waals surface area contributed by atoms with Crippen LogP contribution >= 0.6 is 0 Å². The molecule has 1 aromatic carbocycles. The van der Waals surface area contributed by atoms with E-state index in [4.69, 9.17) is 0 Å². The van der Waals surface area contributed by atoms with Crippen LogP contribution in [0.25, 0.3) is 6.08 Å². The molecule has 1 aromatic rings. The zero-order chi connectivity index (χ0) is 13.3. The van der Waals surface area contributed by atoms with Crippen molar-refractivity contribution < 1.29 is 13.6 Å². The van der Waals surface area contributed by atoms with Gasteiger partial charge in [-0.1, -0.05) is 24.8 Å². The predicted octanol–water partition coefficient (Wildman–Crippen LogP) is 3.17. The lowest BCUT2D eigenvalue weighted by Crippen LogP contribution is -2.50. The monoisotopic (exact) mass is 251 g/mol. The van der Waals surface area contributed by atoms with Crippen molar-refractivity contribution in [2.75, 3.05) is 0 Å². The van der Waals surface area contributed by atoms with E-state index in [0.29, 0.717) is 5.56 Å². The normalized spacial score (nSPS) is 17.9. The number of carbonyl (C=O) groups excluding carboxylic acids is 1. The molecule has 0 unspecified atom stereocenters. The Morgan fingerprint density at radius 3 is 2.72 bits per heavy atom. The molecule has 4 heteroatoms. The van der Waals surface area contributed by atoms with Crippen molar-refractivity contribution in [3.63, 3.8) is 0 Å². The van der Waals surface area contributed by atoms with Gasteiger partial charge in [-0.3, -0.25) is 4.79 Å². The van der Waals surface area contributed by atoms with Gasteiger partial charge in [-0.25, -0.2) is 8.78 Å². The second kappa shape index (κ2) is 4.52. The fourth-order valence-corrected chi connectivity index (χ4v) is 2.18. The van der Waals surface area contributed by atoms with Crippen LogP contribution in [-0.4, -0.2) is 17.9 Å². The Morgan fingerprint density at radius 1 is 1.50 bits per heavy atom. The number of halogens is 2. The zero-order valence-corrected chi connectivity index (χ0v) is 10.2. The highest BCUT2D eigenvalue weighted by molar-refractivity contribution is 5.98. The van der Waals surface area contributed by atoms with Crippen molar-refractivity contribution in [2.45, 2.75) is 31.7 Å². The Kier molecular flexibility index (Phi) is 3.20. The topological polar surface area (TPSA) is 29.1 Å². The summed E-state index contributed by atoms with van der Waals surface area (Å²) in [7, 11) is 0. The number of alkyl halides is 2. The first-order chi connectivity index (χ1) is 8.43. The van der Waals surface area contributed by atoms with Crippen molar-refractivity contribution in [1.29, 1.82) is 0 Å². The molecule has 0 saturated heterocycles. The summed E-state index contributed by atoms with van der Waals surface area (Å²) in [6, 6.07) is 4.90. The number of hydrogen-bond acceptors (Lipinski definition) is 1. The van der Waals surface area contributed by atoms with E-state index in [-0.39, 0.29) is 18.7 Å². The van der Waals surface area contributed by atoms with Crippen molar-refractivity contribution in [2.24, 2.45) is 0 Å². The molecule has 0 bridgehead atoms. The molecule has 0 heterocycles. The quantitative estimate of drug-likeness (QED) is 0.878. The van der Waals surface area contributed by atoms with E-state index in [9.17, 15) is 13.6 Å². The van der Waals surface area contributed by atoms with E-state index >= 15 is 0 Å². The van der Waals surface area contributed by atoms with Crippen LogP contribution in [0.5, 0.6) is 0 Å². The zero-order valence-electron chi connectivity index (χ0n) is 10.2. The largest absolute Gasteiger partial charge is 0.349 e. The Balaban J connectivity index is 2.10. The summed E-state index contributed by atoms with van der Waals surface area (Å²) in [5, 5.41) is 2.62. The smallest absolute Gasteiger partial charge is 0.252 e. The molecule has 96 valence electrons. The van der Waals surface area contributed by atoms with Crippen LogP contribution in [0.2, 0.25) is 0 Å². The molecule has 0 aromatic heterocycles. The highest BCUT2D eigenvalue weighted by Gasteiger charge is 2.46. The first-order valence-electron chi connectivity index (χ1n) is 5.84. The van der Waals surface area contributed by atoms with Gasteiger partial charge in [0.2, 0.25) is 0 Å². The third kappa shape index (κ3) is 2.42. The minimum atomic E-state index is -2.62. The van der Waals surface area contributed by atoms with Crippen LogP contribution in [0.4, 0.5) is 8.78 Å². The Morgan fingerprint density at radius 2 is 2.17 bits per heavy atom. The molecule has 0 spiro atoms. The van der Waals surface area contributed by atoms with Gasteiger partial charge in [-0.15, -0.1) is 0 Å². The average Bonchev–Trinajstić information content (AvgIpc) is 2.26. The van der Waals surface area contributed by atoms with Gasteiger partial charge in [0.15, 0.2) is 0 Å². The lowest BCUT2D eigenvalue weighted by atomic mass is 9.88. The van der Waals surface area contributed by atoms with E-state index in [1.54, 1.807) is 18.2 Å². The Hall–Kier alpha value is -1.71. The van der Waals surface area contributed by atoms with Crippen LogP contribution < -0.4 is 5.32 Å². The van der Waals surface area contributed by atoms with Gasteiger partial charge in [-0.05, 0) is 24.1 Å². The molecular formula is C14H15F2NO. The maximum absolute atomic E-state index is 12.7. The van der Waals surface area contributed by atoms with Gasteiger partial charge < -0.3 is 5.32 Å². The molecule has 1 aliphatic rings. The number of hydrogen-bond donors (Lipinski definition) is 1. The summed E-state index contributed by atoms with van der Waals surface area (Å²) >= 11 is 0. The van der Waals surface area contributed by atoms with E-state index in [0.717, 1.165) is 11.1 Å². The third-order valence-electron chi connectivity index (χ3n) is 3.20. The van der Waals surface area contributed by atoms with Crippen LogP contribution in [0.1, 0.15) is 34.3 Å². The molecule has 0 radical (unpaired) electrons. The molecule has 18 heavy (non-hydrogen) atoms. The molecule has 1 N–H and O–H groups in total. The summed E-state index contributed by atoms with van der Waals surface area (Å²) in [5.74, 6) is -2.93. The third-order valence-corrected chi connectivity index (χ3v) is 3.20. The Bertz CT molecular complexity index is 489. The number of carbonyl (C=O) groups is 1. The summed E-state index contributed by atoms with van der Waals surface area (Å²) in [6.07, 6.45) is 1.07. The minimum absolute atomic E-state index is 0.270. The SMILES string of the molecule is C=Cc1c(C)cccc1C(=O)NC1CC(F)(F)C1. The highest BCUT2D eigenvalue weighted by atomic mass is 19.3. The van der Waals surface area contributed by atoms with Gasteiger partial charge in [0.1, 0.15) is 0 Å². The minimum Gasteiger partial charge on any atom is -0.349 e. The van der Waals surface area contributed by atoms with Crippen molar-refractivity contribution >= 4 is 12.0 Å². The lowest BCUT2D eigenvalue weighted by molar-refractivity contribution is -0.0901. The standard InChI is InChI=1S/C14H15F2NO/c1-3-11-9(2)5-4-6-12(11)13(18)17-10-7-14(15,16)8-10/h3-6,10H,1,7-8H2,2H3,(H,17,18). The second-order valence-electron chi connectivity index (χ2n) is 4.67. The average molecular weight is 251 g/mol. The second-order valence-corrected chi connectivity index (χ2v) is 4.67. The lowest BCUT2D eigenvalue weighted by Gasteiger charge is -2.35. The summed E-state index contributed by atoms with van der Waals surface area (Å²) in [4.78, 5) is 12.0. The van der Waals surface area contributed by atoms with Gasteiger partial charge >= 0.3 is 0 Å².